The molecule has 26 heavy (non-hydrogen) atoms. The number of carbonyl (C=O) groups excluding carboxylic acids is 2. The van der Waals surface area contributed by atoms with Crippen LogP contribution in [0.4, 0.5) is 0 Å². The van der Waals surface area contributed by atoms with E-state index in [1.54, 1.807) is 9.80 Å². The molecule has 0 unspecified atom stereocenters. The molecule has 0 bridgehead atoms. The van der Waals surface area contributed by atoms with Crippen LogP contribution in [0.2, 0.25) is 0 Å². The Bertz CT molecular complexity index is 614. The Kier molecular flexibility index (Phi) is 6.27. The zero-order valence-electron chi connectivity index (χ0n) is 15.5. The van der Waals surface area contributed by atoms with Gasteiger partial charge in [0.1, 0.15) is 0 Å². The van der Waals surface area contributed by atoms with Crippen LogP contribution in [0, 0.1) is 0 Å². The highest BCUT2D eigenvalue weighted by Gasteiger charge is 2.28. The molecule has 0 radical (unpaired) electrons. The second-order valence-electron chi connectivity index (χ2n) is 7.42. The second-order valence-corrected chi connectivity index (χ2v) is 7.42. The number of aliphatic hydroxyl groups is 1. The summed E-state index contributed by atoms with van der Waals surface area (Å²) in [7, 11) is 0. The molecule has 1 aromatic carbocycles. The zero-order valence-corrected chi connectivity index (χ0v) is 15.5. The van der Waals surface area contributed by atoms with E-state index >= 15 is 0 Å². The van der Waals surface area contributed by atoms with Gasteiger partial charge in [-0.3, -0.25) is 14.5 Å². The van der Waals surface area contributed by atoms with E-state index in [1.165, 1.54) is 12.5 Å². The van der Waals surface area contributed by atoms with E-state index in [2.05, 4.69) is 29.2 Å². The van der Waals surface area contributed by atoms with Crippen LogP contribution < -0.4 is 0 Å². The number of piperidine rings is 1. The molecular formula is C20H29N3O3. The van der Waals surface area contributed by atoms with Crippen LogP contribution in [0.5, 0.6) is 0 Å². The lowest BCUT2D eigenvalue weighted by molar-refractivity contribution is -0.134. The minimum atomic E-state index is -0.672. The molecule has 1 N–H and O–H groups in total. The minimum Gasteiger partial charge on any atom is -0.389 e. The predicted octanol–water partition coefficient (Wildman–Crippen LogP) is 0.918. The van der Waals surface area contributed by atoms with Crippen molar-refractivity contribution in [3.8, 4) is 0 Å². The summed E-state index contributed by atoms with van der Waals surface area (Å²) >= 11 is 0. The number of hydrogen-bond acceptors (Lipinski definition) is 4. The topological polar surface area (TPSA) is 64.1 Å². The number of amides is 2. The summed E-state index contributed by atoms with van der Waals surface area (Å²) in [5, 5.41) is 10.1. The highest BCUT2D eigenvalue weighted by molar-refractivity contribution is 5.78. The van der Waals surface area contributed by atoms with E-state index in [-0.39, 0.29) is 11.8 Å². The molecule has 2 aliphatic heterocycles. The molecular weight excluding hydrogens is 330 g/mol. The van der Waals surface area contributed by atoms with Gasteiger partial charge in [-0.15, -0.1) is 0 Å². The second kappa shape index (κ2) is 8.64. The Hall–Kier alpha value is -1.92. The van der Waals surface area contributed by atoms with Crippen molar-refractivity contribution >= 4 is 11.8 Å². The van der Waals surface area contributed by atoms with Crippen molar-refractivity contribution in [3.05, 3.63) is 35.9 Å². The van der Waals surface area contributed by atoms with Crippen LogP contribution in [0.1, 0.15) is 31.2 Å². The maximum atomic E-state index is 12.7. The molecule has 0 aliphatic carbocycles. The summed E-state index contributed by atoms with van der Waals surface area (Å²) in [5.41, 5.74) is 1.39. The van der Waals surface area contributed by atoms with Crippen LogP contribution in [0.3, 0.4) is 0 Å². The summed E-state index contributed by atoms with van der Waals surface area (Å²) in [5.74, 6) is 0.570. The Morgan fingerprint density at radius 1 is 1.00 bits per heavy atom. The number of β-amino-alcohol motifs (C(OH)–C–C–N with tert-alkyl or cyclic N) is 1. The number of aliphatic hydroxyl groups excluding tert-OH is 1. The standard InChI is InChI=1S/C20H29N3O3/c1-16(24)22-11-12-23(14-19(25)13-22)20(26)15-21-9-7-18(8-10-21)17-5-3-2-4-6-17/h2-6,18-19,25H,7-15H2,1H3/t19-/m1/s1. The maximum absolute atomic E-state index is 12.7. The summed E-state index contributed by atoms with van der Waals surface area (Å²) in [6, 6.07) is 10.6. The third kappa shape index (κ3) is 4.83. The number of likely N-dealkylation sites (tertiary alicyclic amines) is 1. The van der Waals surface area contributed by atoms with Crippen molar-refractivity contribution < 1.29 is 14.7 Å². The Labute approximate surface area is 155 Å². The fourth-order valence-corrected chi connectivity index (χ4v) is 3.94. The fourth-order valence-electron chi connectivity index (χ4n) is 3.94. The molecule has 2 fully saturated rings. The normalized spacial score (nSPS) is 22.9. The molecule has 0 saturated carbocycles. The number of rotatable bonds is 3. The van der Waals surface area contributed by atoms with Gasteiger partial charge < -0.3 is 14.9 Å². The fraction of sp³-hybridized carbons (Fsp3) is 0.600. The Balaban J connectivity index is 1.49. The van der Waals surface area contributed by atoms with Crippen molar-refractivity contribution in [2.45, 2.75) is 31.8 Å². The van der Waals surface area contributed by atoms with E-state index in [0.717, 1.165) is 25.9 Å². The SMILES string of the molecule is CC(=O)N1CCN(C(=O)CN2CCC(c3ccccc3)CC2)C[C@H](O)C1. The maximum Gasteiger partial charge on any atom is 0.236 e. The summed E-state index contributed by atoms with van der Waals surface area (Å²) in [6.45, 7) is 5.34. The number of carbonyl (C=O) groups is 2. The lowest BCUT2D eigenvalue weighted by atomic mass is 9.89. The van der Waals surface area contributed by atoms with Gasteiger partial charge in [-0.25, -0.2) is 0 Å². The number of nitrogens with zero attached hydrogens (tertiary/aromatic N) is 3. The van der Waals surface area contributed by atoms with E-state index in [4.69, 9.17) is 0 Å². The van der Waals surface area contributed by atoms with Gasteiger partial charge in [0, 0.05) is 33.1 Å². The Morgan fingerprint density at radius 2 is 1.62 bits per heavy atom. The van der Waals surface area contributed by atoms with Gasteiger partial charge in [0.15, 0.2) is 0 Å². The molecule has 2 saturated heterocycles. The molecule has 3 rings (SSSR count). The summed E-state index contributed by atoms with van der Waals surface area (Å²) in [4.78, 5) is 29.7. The van der Waals surface area contributed by atoms with Crippen molar-refractivity contribution in [1.82, 2.24) is 14.7 Å². The number of hydrogen-bond donors (Lipinski definition) is 1. The Morgan fingerprint density at radius 3 is 2.27 bits per heavy atom. The van der Waals surface area contributed by atoms with Crippen molar-refractivity contribution in [3.63, 3.8) is 0 Å². The molecule has 6 heteroatoms. The average molecular weight is 359 g/mol. The molecule has 0 spiro atoms. The molecule has 2 amide bonds. The smallest absolute Gasteiger partial charge is 0.236 e. The molecule has 1 atom stereocenters. The minimum absolute atomic E-state index is 0.0487. The van der Waals surface area contributed by atoms with Gasteiger partial charge in [0.05, 0.1) is 12.6 Å². The van der Waals surface area contributed by atoms with Gasteiger partial charge in [-0.2, -0.15) is 0 Å². The first kappa shape index (κ1) is 18.9. The van der Waals surface area contributed by atoms with Crippen molar-refractivity contribution in [2.24, 2.45) is 0 Å². The van der Waals surface area contributed by atoms with Crippen LogP contribution in [0.15, 0.2) is 30.3 Å². The zero-order chi connectivity index (χ0) is 18.5. The highest BCUT2D eigenvalue weighted by Crippen LogP contribution is 2.27. The molecule has 2 aliphatic rings. The van der Waals surface area contributed by atoms with Crippen molar-refractivity contribution in [2.75, 3.05) is 45.8 Å². The van der Waals surface area contributed by atoms with Crippen LogP contribution in [-0.4, -0.2) is 83.5 Å². The lowest BCUT2D eigenvalue weighted by Gasteiger charge is -2.33. The van der Waals surface area contributed by atoms with Gasteiger partial charge in [0.2, 0.25) is 11.8 Å². The van der Waals surface area contributed by atoms with Gasteiger partial charge >= 0.3 is 0 Å². The third-order valence-corrected chi connectivity index (χ3v) is 5.52. The molecule has 2 heterocycles. The van der Waals surface area contributed by atoms with E-state index < -0.39 is 6.10 Å². The lowest BCUT2D eigenvalue weighted by Crippen LogP contribution is -2.45. The highest BCUT2D eigenvalue weighted by atomic mass is 16.3. The first-order valence-corrected chi connectivity index (χ1v) is 9.51. The van der Waals surface area contributed by atoms with Gasteiger partial charge in [-0.05, 0) is 37.4 Å². The number of benzene rings is 1. The van der Waals surface area contributed by atoms with E-state index in [1.807, 2.05) is 6.07 Å². The van der Waals surface area contributed by atoms with Crippen LogP contribution in [0.25, 0.3) is 0 Å². The van der Waals surface area contributed by atoms with Gasteiger partial charge in [0.25, 0.3) is 0 Å². The average Bonchev–Trinajstić information content (AvgIpc) is 2.85. The molecule has 0 aromatic heterocycles. The summed E-state index contributed by atoms with van der Waals surface area (Å²) in [6.07, 6.45) is 1.46. The van der Waals surface area contributed by atoms with E-state index in [0.29, 0.717) is 38.6 Å². The van der Waals surface area contributed by atoms with Crippen LogP contribution in [-0.2, 0) is 9.59 Å². The largest absolute Gasteiger partial charge is 0.389 e. The van der Waals surface area contributed by atoms with Gasteiger partial charge in [-0.1, -0.05) is 30.3 Å². The third-order valence-electron chi connectivity index (χ3n) is 5.52. The molecule has 1 aromatic rings. The van der Waals surface area contributed by atoms with Crippen LogP contribution >= 0.6 is 0 Å². The predicted molar refractivity (Wildman–Crippen MR) is 99.7 cm³/mol. The monoisotopic (exact) mass is 359 g/mol. The quantitative estimate of drug-likeness (QED) is 0.872. The van der Waals surface area contributed by atoms with E-state index in [9.17, 15) is 14.7 Å². The molecule has 6 nitrogen and oxygen atoms in total. The molecule has 142 valence electrons. The first-order valence-electron chi connectivity index (χ1n) is 9.51. The summed E-state index contributed by atoms with van der Waals surface area (Å²) < 4.78 is 0. The van der Waals surface area contributed by atoms with Crippen molar-refractivity contribution in [1.29, 1.82) is 0 Å². The first-order chi connectivity index (χ1) is 12.5.